The van der Waals surface area contributed by atoms with Crippen LogP contribution < -0.4 is 5.32 Å². The first-order chi connectivity index (χ1) is 31.2. The number of carbonyl (C=O) groups excluding carboxylic acids is 1. The minimum Gasteiger partial charge on any atom is -0.394 e. The molecule has 0 fully saturated rings. The molecule has 0 saturated heterocycles. The zero-order valence-electron chi connectivity index (χ0n) is 40.3. The van der Waals surface area contributed by atoms with Gasteiger partial charge in [0.25, 0.3) is 0 Å². The predicted molar refractivity (Wildman–Crippen MR) is 280 cm³/mol. The van der Waals surface area contributed by atoms with Gasteiger partial charge in [0.1, 0.15) is 0 Å². The Balaban J connectivity index is 3.68. The molecule has 0 aromatic rings. The summed E-state index contributed by atoms with van der Waals surface area (Å²) >= 11 is 0. The summed E-state index contributed by atoms with van der Waals surface area (Å²) in [7, 11) is 0. The summed E-state index contributed by atoms with van der Waals surface area (Å²) in [5.41, 5.74) is 0. The molecule has 0 aromatic carbocycles. The lowest BCUT2D eigenvalue weighted by atomic mass is 10.1. The smallest absolute Gasteiger partial charge is 0.220 e. The average molecular weight is 864 g/mol. The molecule has 3 N–H and O–H groups in total. The van der Waals surface area contributed by atoms with E-state index >= 15 is 0 Å². The van der Waals surface area contributed by atoms with Crippen LogP contribution in [0.5, 0.6) is 0 Å². The molecule has 2 atom stereocenters. The second-order valence-electron chi connectivity index (χ2n) is 16.1. The fraction of sp³-hybridized carbons (Fsp3) is 0.542. The lowest BCUT2D eigenvalue weighted by Crippen LogP contribution is -2.45. The third-order valence-electron chi connectivity index (χ3n) is 10.2. The molecule has 0 radical (unpaired) electrons. The van der Waals surface area contributed by atoms with Crippen LogP contribution in [-0.2, 0) is 4.79 Å². The fourth-order valence-corrected chi connectivity index (χ4v) is 6.40. The van der Waals surface area contributed by atoms with Crippen molar-refractivity contribution in [2.45, 2.75) is 199 Å². The number of hydrogen-bond acceptors (Lipinski definition) is 3. The molecular formula is C59H93NO3. The van der Waals surface area contributed by atoms with E-state index in [0.717, 1.165) is 116 Å². The summed E-state index contributed by atoms with van der Waals surface area (Å²) in [4.78, 5) is 12.4. The van der Waals surface area contributed by atoms with Gasteiger partial charge in [-0.05, 0) is 116 Å². The van der Waals surface area contributed by atoms with Gasteiger partial charge in [0.2, 0.25) is 5.91 Å². The zero-order valence-corrected chi connectivity index (χ0v) is 40.3. The highest BCUT2D eigenvalue weighted by atomic mass is 16.3. The van der Waals surface area contributed by atoms with Crippen LogP contribution >= 0.6 is 0 Å². The highest BCUT2D eigenvalue weighted by molar-refractivity contribution is 5.76. The molecule has 2 unspecified atom stereocenters. The summed E-state index contributed by atoms with van der Waals surface area (Å²) in [6, 6.07) is -0.660. The number of hydrogen-bond donors (Lipinski definition) is 3. The minimum atomic E-state index is -0.883. The second-order valence-corrected chi connectivity index (χ2v) is 16.1. The first-order valence-electron chi connectivity index (χ1n) is 25.2. The van der Waals surface area contributed by atoms with E-state index in [-0.39, 0.29) is 12.5 Å². The molecule has 4 nitrogen and oxygen atoms in total. The molecule has 0 aromatic heterocycles. The molecule has 0 spiro atoms. The van der Waals surface area contributed by atoms with Crippen molar-refractivity contribution in [3.8, 4) is 0 Å². The van der Waals surface area contributed by atoms with Crippen LogP contribution in [0.2, 0.25) is 0 Å². The Kier molecular flexibility index (Phi) is 49.0. The van der Waals surface area contributed by atoms with Gasteiger partial charge in [0.05, 0.1) is 18.8 Å². The number of allylic oxidation sites excluding steroid dienone is 25. The SMILES string of the molecule is CC/C=C\C/C=C\C/C=C\C/C=C\C/C=C\C/C=C\C/C=C\C/C=C\C/C=C\C/C=C\CCCCCCCCCCC(=O)NC(CO)C(O)/C=C/CC/C=C/CC/C=C/CCCC. The van der Waals surface area contributed by atoms with E-state index in [4.69, 9.17) is 0 Å². The topological polar surface area (TPSA) is 69.6 Å². The lowest BCUT2D eigenvalue weighted by Gasteiger charge is -2.19. The van der Waals surface area contributed by atoms with Gasteiger partial charge in [0, 0.05) is 6.42 Å². The van der Waals surface area contributed by atoms with Crippen LogP contribution in [0.25, 0.3) is 0 Å². The number of nitrogens with one attached hydrogen (secondary N) is 1. The Morgan fingerprint density at radius 3 is 1.11 bits per heavy atom. The number of aliphatic hydroxyl groups excluding tert-OH is 2. The van der Waals surface area contributed by atoms with Crippen molar-refractivity contribution in [3.63, 3.8) is 0 Å². The summed E-state index contributed by atoms with van der Waals surface area (Å²) in [6.07, 6.45) is 85.2. The van der Waals surface area contributed by atoms with Crippen molar-refractivity contribution in [2.75, 3.05) is 6.61 Å². The highest BCUT2D eigenvalue weighted by Crippen LogP contribution is 2.12. The molecule has 63 heavy (non-hydrogen) atoms. The van der Waals surface area contributed by atoms with Crippen LogP contribution in [-0.4, -0.2) is 34.9 Å². The van der Waals surface area contributed by atoms with Gasteiger partial charge in [-0.25, -0.2) is 0 Å². The van der Waals surface area contributed by atoms with E-state index in [2.05, 4.69) is 165 Å². The Hall–Kier alpha value is -3.99. The van der Waals surface area contributed by atoms with Gasteiger partial charge >= 0.3 is 0 Å². The van der Waals surface area contributed by atoms with Gasteiger partial charge in [-0.1, -0.05) is 223 Å². The van der Waals surface area contributed by atoms with E-state index in [0.29, 0.717) is 6.42 Å². The van der Waals surface area contributed by atoms with E-state index in [1.54, 1.807) is 6.08 Å². The summed E-state index contributed by atoms with van der Waals surface area (Å²) in [5, 5.41) is 22.9. The quantitative estimate of drug-likeness (QED) is 0.0422. The van der Waals surface area contributed by atoms with E-state index in [1.807, 2.05) is 6.08 Å². The van der Waals surface area contributed by atoms with Crippen LogP contribution in [0.1, 0.15) is 187 Å². The van der Waals surface area contributed by atoms with Gasteiger partial charge < -0.3 is 15.5 Å². The third-order valence-corrected chi connectivity index (χ3v) is 10.2. The maximum absolute atomic E-state index is 12.4. The Labute approximate surface area is 388 Å². The highest BCUT2D eigenvalue weighted by Gasteiger charge is 2.17. The summed E-state index contributed by atoms with van der Waals surface area (Å²) < 4.78 is 0. The van der Waals surface area contributed by atoms with Crippen molar-refractivity contribution in [3.05, 3.63) is 158 Å². The first kappa shape index (κ1) is 59.0. The van der Waals surface area contributed by atoms with Crippen LogP contribution in [0.3, 0.4) is 0 Å². The van der Waals surface area contributed by atoms with E-state index < -0.39 is 12.1 Å². The molecule has 1 amide bonds. The molecule has 0 bridgehead atoms. The third kappa shape index (κ3) is 48.9. The predicted octanol–water partition coefficient (Wildman–Crippen LogP) is 16.6. The van der Waals surface area contributed by atoms with Gasteiger partial charge in [-0.2, -0.15) is 0 Å². The Morgan fingerprint density at radius 1 is 0.397 bits per heavy atom. The molecule has 0 aliphatic carbocycles. The largest absolute Gasteiger partial charge is 0.394 e. The molecule has 0 aliphatic heterocycles. The molecule has 0 heterocycles. The summed E-state index contributed by atoms with van der Waals surface area (Å²) in [5.74, 6) is -0.0964. The molecular weight excluding hydrogens is 771 g/mol. The number of unbranched alkanes of at least 4 members (excludes halogenated alkanes) is 12. The number of carbonyl (C=O) groups is 1. The van der Waals surface area contributed by atoms with Crippen molar-refractivity contribution >= 4 is 5.91 Å². The van der Waals surface area contributed by atoms with Gasteiger partial charge in [-0.3, -0.25) is 4.79 Å². The van der Waals surface area contributed by atoms with Crippen molar-refractivity contribution in [1.29, 1.82) is 0 Å². The number of aliphatic hydroxyl groups is 2. The van der Waals surface area contributed by atoms with Gasteiger partial charge in [0.15, 0.2) is 0 Å². The van der Waals surface area contributed by atoms with Gasteiger partial charge in [-0.15, -0.1) is 0 Å². The van der Waals surface area contributed by atoms with Crippen LogP contribution in [0.15, 0.2) is 158 Å². The normalized spacial score (nSPS) is 14.3. The first-order valence-corrected chi connectivity index (χ1v) is 25.2. The number of amides is 1. The maximum atomic E-state index is 12.4. The number of rotatable bonds is 43. The lowest BCUT2D eigenvalue weighted by molar-refractivity contribution is -0.123. The van der Waals surface area contributed by atoms with Crippen molar-refractivity contribution in [1.82, 2.24) is 5.32 Å². The molecule has 4 heteroatoms. The molecule has 0 rings (SSSR count). The standard InChI is InChI=1S/C59H93NO3/c1-3-5-7-9-11-13-15-17-18-19-20-21-22-23-24-25-26-27-28-29-30-31-32-33-34-35-36-37-38-39-40-41-42-43-45-47-49-51-53-55-59(63)60-57(56-61)58(62)54-52-50-48-46-44-16-14-12-10-8-6-4-2/h5,7,10-13,17-18,20-21,23-24,26-27,29-30,32-33,35-36,38-39,44,46,52,54,57-58,61-62H,3-4,6,8-9,14-16,19,22,25,28,31,34,37,40-43,45,47-51,53,55-56H2,1-2H3,(H,60,63)/b7-5-,12-10+,13-11-,18-17-,21-20-,24-23-,27-26-,30-29-,33-32-,36-35-,39-38-,46-44+,54-52+. The summed E-state index contributed by atoms with van der Waals surface area (Å²) in [6.45, 7) is 4.10. The zero-order chi connectivity index (χ0) is 45.6. The fourth-order valence-electron chi connectivity index (χ4n) is 6.40. The molecule has 352 valence electrons. The minimum absolute atomic E-state index is 0.0964. The monoisotopic (exact) mass is 864 g/mol. The van der Waals surface area contributed by atoms with Crippen LogP contribution in [0.4, 0.5) is 0 Å². The molecule has 0 saturated carbocycles. The second kappa shape index (κ2) is 52.4. The maximum Gasteiger partial charge on any atom is 0.220 e. The Morgan fingerprint density at radius 2 is 0.714 bits per heavy atom. The van der Waals surface area contributed by atoms with Crippen molar-refractivity contribution in [2.24, 2.45) is 0 Å². The van der Waals surface area contributed by atoms with E-state index in [1.165, 1.54) is 51.4 Å². The average Bonchev–Trinajstić information content (AvgIpc) is 3.29. The van der Waals surface area contributed by atoms with Crippen molar-refractivity contribution < 1.29 is 15.0 Å². The van der Waals surface area contributed by atoms with E-state index in [9.17, 15) is 15.0 Å². The van der Waals surface area contributed by atoms with Crippen LogP contribution in [0, 0.1) is 0 Å². The Bertz CT molecular complexity index is 1400. The molecule has 0 aliphatic rings.